The molecule has 0 N–H and O–H groups in total. The number of hydrogen-bond acceptors (Lipinski definition) is 4. The minimum absolute atomic E-state index is 0.0283. The summed E-state index contributed by atoms with van der Waals surface area (Å²) in [6.07, 6.45) is 5.47. The Bertz CT molecular complexity index is 1100. The highest BCUT2D eigenvalue weighted by atomic mass is 35.5. The second-order valence-corrected chi connectivity index (χ2v) is 13.4. The van der Waals surface area contributed by atoms with E-state index in [4.69, 9.17) is 16.3 Å². The van der Waals surface area contributed by atoms with E-state index in [1.807, 2.05) is 18.2 Å². The fourth-order valence-corrected chi connectivity index (χ4v) is 6.11. The summed E-state index contributed by atoms with van der Waals surface area (Å²) in [6.45, 7) is 10.2. The Labute approximate surface area is 197 Å². The number of halogens is 1. The zero-order chi connectivity index (χ0) is 23.1. The van der Waals surface area contributed by atoms with Crippen molar-refractivity contribution in [1.82, 2.24) is 4.90 Å². The van der Waals surface area contributed by atoms with Crippen molar-refractivity contribution in [1.29, 1.82) is 0 Å². The molecule has 0 aromatic heterocycles. The number of likely N-dealkylation sites (tertiary alicyclic amines) is 1. The van der Waals surface area contributed by atoms with E-state index in [-0.39, 0.29) is 11.4 Å². The van der Waals surface area contributed by atoms with Gasteiger partial charge in [0.1, 0.15) is 11.4 Å². The maximum atomic E-state index is 11.6. The molecule has 6 heteroatoms. The Morgan fingerprint density at radius 3 is 2.31 bits per heavy atom. The third-order valence-electron chi connectivity index (χ3n) is 6.51. The Hall–Kier alpha value is -1.56. The van der Waals surface area contributed by atoms with E-state index in [0.717, 1.165) is 62.2 Å². The summed E-state index contributed by atoms with van der Waals surface area (Å²) in [7, 11) is -3.12. The first-order valence-electron chi connectivity index (χ1n) is 11.4. The molecule has 2 aromatic carbocycles. The van der Waals surface area contributed by atoms with Gasteiger partial charge in [0.05, 0.1) is 5.75 Å². The van der Waals surface area contributed by atoms with Crippen LogP contribution in [0.3, 0.4) is 0 Å². The first kappa shape index (κ1) is 23.6. The van der Waals surface area contributed by atoms with Crippen LogP contribution < -0.4 is 4.74 Å². The summed E-state index contributed by atoms with van der Waals surface area (Å²) in [4.78, 5) is 2.57. The molecule has 4 rings (SSSR count). The van der Waals surface area contributed by atoms with Gasteiger partial charge < -0.3 is 9.64 Å². The summed E-state index contributed by atoms with van der Waals surface area (Å²) in [6, 6.07) is 12.0. The van der Waals surface area contributed by atoms with Gasteiger partial charge in [0, 0.05) is 30.9 Å². The second-order valence-electron chi connectivity index (χ2n) is 10.8. The summed E-state index contributed by atoms with van der Waals surface area (Å²) in [5.74, 6) is 0.962. The number of rotatable bonds is 4. The van der Waals surface area contributed by atoms with Crippen LogP contribution in [0, 0.1) is 5.41 Å². The third-order valence-corrected chi connectivity index (χ3v) is 7.69. The molecule has 2 aliphatic heterocycles. The lowest BCUT2D eigenvalue weighted by atomic mass is 9.82. The Morgan fingerprint density at radius 1 is 1.03 bits per heavy atom. The smallest absolute Gasteiger partial charge is 0.151 e. The maximum absolute atomic E-state index is 11.6. The number of nitrogens with zero attached hydrogens (tertiary/aromatic N) is 1. The van der Waals surface area contributed by atoms with Crippen molar-refractivity contribution in [3.63, 3.8) is 0 Å². The first-order chi connectivity index (χ1) is 14.9. The van der Waals surface area contributed by atoms with Crippen LogP contribution in [0.15, 0.2) is 36.4 Å². The van der Waals surface area contributed by atoms with Gasteiger partial charge in [-0.05, 0) is 71.6 Å². The topological polar surface area (TPSA) is 46.6 Å². The highest BCUT2D eigenvalue weighted by molar-refractivity contribution is 7.89. The summed E-state index contributed by atoms with van der Waals surface area (Å²) < 4.78 is 29.8. The normalized spacial score (nSPS) is 18.9. The molecule has 2 heterocycles. The average Bonchev–Trinajstić information content (AvgIpc) is 2.69. The van der Waals surface area contributed by atoms with Crippen LogP contribution >= 0.6 is 11.6 Å². The highest BCUT2D eigenvalue weighted by Gasteiger charge is 2.40. The van der Waals surface area contributed by atoms with Crippen molar-refractivity contribution in [3.8, 4) is 16.9 Å². The zero-order valence-electron chi connectivity index (χ0n) is 19.6. The van der Waals surface area contributed by atoms with Crippen LogP contribution in [0.1, 0.15) is 51.2 Å². The van der Waals surface area contributed by atoms with Gasteiger partial charge in [-0.2, -0.15) is 0 Å². The van der Waals surface area contributed by atoms with Crippen LogP contribution in [0.5, 0.6) is 5.75 Å². The van der Waals surface area contributed by atoms with Gasteiger partial charge in [-0.1, -0.05) is 50.6 Å². The fourth-order valence-electron chi connectivity index (χ4n) is 4.97. The molecule has 0 saturated carbocycles. The quantitative estimate of drug-likeness (QED) is 0.564. The van der Waals surface area contributed by atoms with Gasteiger partial charge in [0.25, 0.3) is 0 Å². The molecule has 2 aromatic rings. The lowest BCUT2D eigenvalue weighted by Crippen LogP contribution is -2.51. The van der Waals surface area contributed by atoms with Gasteiger partial charge in [-0.15, -0.1) is 0 Å². The van der Waals surface area contributed by atoms with Crippen LogP contribution in [-0.2, 0) is 22.0 Å². The Kier molecular flexibility index (Phi) is 6.38. The molecule has 32 heavy (non-hydrogen) atoms. The van der Waals surface area contributed by atoms with Crippen molar-refractivity contribution in [3.05, 3.63) is 52.5 Å². The number of sulfone groups is 1. The maximum Gasteiger partial charge on any atom is 0.151 e. The van der Waals surface area contributed by atoms with E-state index in [2.05, 4.69) is 43.9 Å². The summed E-state index contributed by atoms with van der Waals surface area (Å²) in [5, 5.41) is 0.489. The van der Waals surface area contributed by atoms with E-state index in [1.54, 1.807) is 0 Å². The van der Waals surface area contributed by atoms with Crippen LogP contribution in [-0.4, -0.2) is 44.8 Å². The number of benzene rings is 2. The molecule has 0 atom stereocenters. The summed E-state index contributed by atoms with van der Waals surface area (Å²) >= 11 is 6.38. The van der Waals surface area contributed by atoms with Gasteiger partial charge >= 0.3 is 0 Å². The number of aryl methyl sites for hydroxylation is 1. The van der Waals surface area contributed by atoms with Crippen molar-refractivity contribution in [2.24, 2.45) is 5.41 Å². The molecule has 2 aliphatic rings. The Morgan fingerprint density at radius 2 is 1.69 bits per heavy atom. The largest absolute Gasteiger partial charge is 0.487 e. The van der Waals surface area contributed by atoms with Crippen LogP contribution in [0.2, 0.25) is 5.02 Å². The SMILES string of the molecule is CC(C)(C)CN1CCC2(CCc3cc(-c4ccc(CS(C)(=O)=O)c(Cl)c4)ccc3O2)CC1. The van der Waals surface area contributed by atoms with E-state index in [0.29, 0.717) is 16.0 Å². The molecule has 174 valence electrons. The lowest BCUT2D eigenvalue weighted by Gasteiger charge is -2.45. The van der Waals surface area contributed by atoms with Crippen LogP contribution in [0.25, 0.3) is 11.1 Å². The van der Waals surface area contributed by atoms with Gasteiger partial charge in [0.15, 0.2) is 9.84 Å². The molecular formula is C26H34ClNO3S. The van der Waals surface area contributed by atoms with Crippen molar-refractivity contribution in [2.45, 2.75) is 57.8 Å². The minimum atomic E-state index is -3.12. The zero-order valence-corrected chi connectivity index (χ0v) is 21.2. The third kappa shape index (κ3) is 5.67. The predicted molar refractivity (Wildman–Crippen MR) is 132 cm³/mol. The highest BCUT2D eigenvalue weighted by Crippen LogP contribution is 2.41. The predicted octanol–water partition coefficient (Wildman–Crippen LogP) is 5.76. The van der Waals surface area contributed by atoms with Crippen molar-refractivity contribution >= 4 is 21.4 Å². The van der Waals surface area contributed by atoms with Crippen molar-refractivity contribution in [2.75, 3.05) is 25.9 Å². The number of fused-ring (bicyclic) bond motifs is 1. The number of hydrogen-bond donors (Lipinski definition) is 0. The first-order valence-corrected chi connectivity index (χ1v) is 13.9. The standard InChI is InChI=1S/C26H34ClNO3S/c1-25(2,3)18-28-13-11-26(12-14-28)10-9-21-15-19(7-8-24(21)31-26)20-5-6-22(23(27)16-20)17-32(4,29)30/h5-8,15-16H,9-14,17-18H2,1-4H3. The minimum Gasteiger partial charge on any atom is -0.487 e. The lowest BCUT2D eigenvalue weighted by molar-refractivity contribution is -0.0206. The molecule has 0 radical (unpaired) electrons. The van der Waals surface area contributed by atoms with Gasteiger partial charge in [-0.3, -0.25) is 0 Å². The monoisotopic (exact) mass is 475 g/mol. The second kappa shape index (κ2) is 8.66. The number of ether oxygens (including phenoxy) is 1. The molecule has 0 amide bonds. The molecular weight excluding hydrogens is 442 g/mol. The van der Waals surface area contributed by atoms with Crippen LogP contribution in [0.4, 0.5) is 0 Å². The molecule has 0 aliphatic carbocycles. The molecule has 0 bridgehead atoms. The van der Waals surface area contributed by atoms with E-state index in [1.165, 1.54) is 11.8 Å². The average molecular weight is 476 g/mol. The van der Waals surface area contributed by atoms with E-state index >= 15 is 0 Å². The number of piperidine rings is 1. The molecule has 4 nitrogen and oxygen atoms in total. The van der Waals surface area contributed by atoms with Gasteiger partial charge in [0.2, 0.25) is 0 Å². The molecule has 1 saturated heterocycles. The fraction of sp³-hybridized carbons (Fsp3) is 0.538. The van der Waals surface area contributed by atoms with E-state index < -0.39 is 9.84 Å². The molecule has 0 unspecified atom stereocenters. The van der Waals surface area contributed by atoms with E-state index in [9.17, 15) is 8.42 Å². The summed E-state index contributed by atoms with van der Waals surface area (Å²) in [5.41, 5.74) is 4.24. The molecule has 1 fully saturated rings. The molecule has 1 spiro atoms. The van der Waals surface area contributed by atoms with Crippen molar-refractivity contribution < 1.29 is 13.2 Å². The Balaban J connectivity index is 1.47. The van der Waals surface area contributed by atoms with Gasteiger partial charge in [-0.25, -0.2) is 8.42 Å².